The van der Waals surface area contributed by atoms with Crippen LogP contribution in [0.4, 0.5) is 0 Å². The summed E-state index contributed by atoms with van der Waals surface area (Å²) in [5.74, 6) is 0. The minimum absolute atomic E-state index is 1.28. The number of hydrogen-bond acceptors (Lipinski definition) is 1. The van der Waals surface area contributed by atoms with Gasteiger partial charge in [0.1, 0.15) is 0 Å². The molecule has 0 fully saturated rings. The van der Waals surface area contributed by atoms with E-state index in [9.17, 15) is 0 Å². The zero-order valence-corrected chi connectivity index (χ0v) is 14.6. The van der Waals surface area contributed by atoms with Gasteiger partial charge in [0.05, 0.1) is 0 Å². The van der Waals surface area contributed by atoms with Crippen molar-refractivity contribution in [2.24, 2.45) is 0 Å². The number of halogens is 1. The molecular formula is C20H11IS. The fourth-order valence-electron chi connectivity index (χ4n) is 3.31. The summed E-state index contributed by atoms with van der Waals surface area (Å²) >= 11 is 4.19. The molecule has 0 spiro atoms. The highest BCUT2D eigenvalue weighted by Gasteiger charge is 2.06. The van der Waals surface area contributed by atoms with Crippen LogP contribution in [-0.2, 0) is 0 Å². The third-order valence-electron chi connectivity index (χ3n) is 4.37. The van der Waals surface area contributed by atoms with Gasteiger partial charge < -0.3 is 0 Å². The molecule has 0 aliphatic heterocycles. The number of hydrogen-bond donors (Lipinski definition) is 0. The molecule has 1 aromatic heterocycles. The van der Waals surface area contributed by atoms with Crippen LogP contribution in [0, 0.1) is 3.57 Å². The molecule has 0 aliphatic carbocycles. The Labute approximate surface area is 145 Å². The van der Waals surface area contributed by atoms with Gasteiger partial charge in [0.15, 0.2) is 0 Å². The van der Waals surface area contributed by atoms with E-state index in [0.717, 1.165) is 0 Å². The maximum atomic E-state index is 2.38. The first-order valence-electron chi connectivity index (χ1n) is 7.21. The summed E-state index contributed by atoms with van der Waals surface area (Å²) in [6, 6.07) is 22.6. The Hall–Kier alpha value is -1.65. The molecule has 0 saturated heterocycles. The normalized spacial score (nSPS) is 11.9. The van der Waals surface area contributed by atoms with Crippen LogP contribution < -0.4 is 0 Å². The molecule has 0 saturated carbocycles. The fraction of sp³-hybridized carbons (Fsp3) is 0. The van der Waals surface area contributed by atoms with E-state index in [4.69, 9.17) is 0 Å². The van der Waals surface area contributed by atoms with Crippen molar-refractivity contribution in [1.82, 2.24) is 0 Å². The van der Waals surface area contributed by atoms with Crippen molar-refractivity contribution in [2.45, 2.75) is 0 Å². The SMILES string of the molecule is Ic1ccc2cc3c(ccc4c5ccsc5ccc34)cc2c1. The highest BCUT2D eigenvalue weighted by molar-refractivity contribution is 14.1. The van der Waals surface area contributed by atoms with E-state index >= 15 is 0 Å². The van der Waals surface area contributed by atoms with Crippen LogP contribution in [0.5, 0.6) is 0 Å². The van der Waals surface area contributed by atoms with E-state index in [1.807, 2.05) is 11.3 Å². The summed E-state index contributed by atoms with van der Waals surface area (Å²) in [7, 11) is 0. The van der Waals surface area contributed by atoms with Gasteiger partial charge in [-0.1, -0.05) is 24.3 Å². The second-order valence-electron chi connectivity index (χ2n) is 5.62. The van der Waals surface area contributed by atoms with Crippen LogP contribution in [-0.4, -0.2) is 0 Å². The van der Waals surface area contributed by atoms with Crippen LogP contribution in [0.15, 0.2) is 66.0 Å². The lowest BCUT2D eigenvalue weighted by Gasteiger charge is -2.08. The van der Waals surface area contributed by atoms with Gasteiger partial charge in [-0.05, 0) is 96.7 Å². The Morgan fingerprint density at radius 2 is 1.41 bits per heavy atom. The molecule has 0 N–H and O–H groups in total. The van der Waals surface area contributed by atoms with Crippen LogP contribution in [0.25, 0.3) is 42.4 Å². The summed E-state index contributed by atoms with van der Waals surface area (Å²) < 4.78 is 2.65. The molecule has 0 radical (unpaired) electrons. The van der Waals surface area contributed by atoms with E-state index in [1.54, 1.807) is 0 Å². The van der Waals surface area contributed by atoms with Gasteiger partial charge >= 0.3 is 0 Å². The number of thiophene rings is 1. The van der Waals surface area contributed by atoms with Crippen molar-refractivity contribution in [1.29, 1.82) is 0 Å². The zero-order valence-electron chi connectivity index (χ0n) is 11.6. The Balaban J connectivity index is 2.00. The van der Waals surface area contributed by atoms with Gasteiger partial charge in [-0.25, -0.2) is 0 Å². The molecule has 0 aliphatic rings. The second-order valence-corrected chi connectivity index (χ2v) is 7.82. The predicted molar refractivity (Wildman–Crippen MR) is 107 cm³/mol. The average molecular weight is 410 g/mol. The van der Waals surface area contributed by atoms with Crippen LogP contribution in [0.1, 0.15) is 0 Å². The van der Waals surface area contributed by atoms with Crippen molar-refractivity contribution >= 4 is 76.3 Å². The smallest absolute Gasteiger partial charge is 0.0349 e. The van der Waals surface area contributed by atoms with Crippen LogP contribution in [0.3, 0.4) is 0 Å². The minimum Gasteiger partial charge on any atom is -0.144 e. The van der Waals surface area contributed by atoms with Gasteiger partial charge in [-0.15, -0.1) is 11.3 Å². The Morgan fingerprint density at radius 3 is 2.36 bits per heavy atom. The monoisotopic (exact) mass is 410 g/mol. The van der Waals surface area contributed by atoms with Crippen molar-refractivity contribution < 1.29 is 0 Å². The molecule has 0 amide bonds. The topological polar surface area (TPSA) is 0 Å². The first-order valence-corrected chi connectivity index (χ1v) is 9.17. The first kappa shape index (κ1) is 12.9. The summed E-state index contributed by atoms with van der Waals surface area (Å²) in [6.07, 6.45) is 0. The van der Waals surface area contributed by atoms with E-state index in [1.165, 1.54) is 46.0 Å². The molecule has 2 heteroatoms. The van der Waals surface area contributed by atoms with Gasteiger partial charge in [0.25, 0.3) is 0 Å². The van der Waals surface area contributed by atoms with Gasteiger partial charge in [0.2, 0.25) is 0 Å². The summed E-state index contributed by atoms with van der Waals surface area (Å²) in [5, 5.41) is 11.5. The van der Waals surface area contributed by atoms with E-state index in [-0.39, 0.29) is 0 Å². The highest BCUT2D eigenvalue weighted by Crippen LogP contribution is 2.35. The zero-order chi connectivity index (χ0) is 14.7. The molecule has 0 bridgehead atoms. The van der Waals surface area contributed by atoms with Gasteiger partial charge in [-0.3, -0.25) is 0 Å². The summed E-state index contributed by atoms with van der Waals surface area (Å²) in [5.41, 5.74) is 0. The van der Waals surface area contributed by atoms with E-state index in [0.29, 0.717) is 0 Å². The predicted octanol–water partition coefficient (Wildman–Crippen LogP) is 6.97. The minimum atomic E-state index is 1.28. The molecule has 0 nitrogen and oxygen atoms in total. The molecule has 0 unspecified atom stereocenters. The largest absolute Gasteiger partial charge is 0.144 e. The Morgan fingerprint density at radius 1 is 0.591 bits per heavy atom. The first-order chi connectivity index (χ1) is 10.8. The third-order valence-corrected chi connectivity index (χ3v) is 5.92. The lowest BCUT2D eigenvalue weighted by Crippen LogP contribution is -1.81. The average Bonchev–Trinajstić information content (AvgIpc) is 3.01. The lowest BCUT2D eigenvalue weighted by atomic mass is 9.97. The van der Waals surface area contributed by atoms with E-state index < -0.39 is 0 Å². The molecule has 4 aromatic carbocycles. The van der Waals surface area contributed by atoms with Crippen molar-refractivity contribution in [3.05, 3.63) is 69.6 Å². The molecular weight excluding hydrogens is 399 g/mol. The van der Waals surface area contributed by atoms with Crippen LogP contribution >= 0.6 is 33.9 Å². The van der Waals surface area contributed by atoms with E-state index in [2.05, 4.69) is 88.6 Å². The molecule has 104 valence electrons. The van der Waals surface area contributed by atoms with Crippen LogP contribution in [0.2, 0.25) is 0 Å². The molecule has 5 rings (SSSR count). The number of rotatable bonds is 0. The summed E-state index contributed by atoms with van der Waals surface area (Å²) in [4.78, 5) is 0. The Kier molecular flexibility index (Phi) is 2.73. The quantitative estimate of drug-likeness (QED) is 0.147. The van der Waals surface area contributed by atoms with Crippen molar-refractivity contribution in [2.75, 3.05) is 0 Å². The fourth-order valence-corrected chi connectivity index (χ4v) is 4.63. The van der Waals surface area contributed by atoms with Gasteiger partial charge in [-0.2, -0.15) is 0 Å². The Bertz CT molecular complexity index is 1180. The van der Waals surface area contributed by atoms with Crippen molar-refractivity contribution in [3.63, 3.8) is 0 Å². The standard InChI is InChI=1S/C20H11IS/c21-15-3-1-12-11-19-13(9-14(12)10-15)2-4-16-17(19)5-6-20-18(16)7-8-22-20/h1-11H. The molecule has 22 heavy (non-hydrogen) atoms. The van der Waals surface area contributed by atoms with Gasteiger partial charge in [0, 0.05) is 13.7 Å². The maximum Gasteiger partial charge on any atom is 0.0349 e. The maximum absolute atomic E-state index is 2.38. The molecule has 5 aromatic rings. The second kappa shape index (κ2) is 4.67. The molecule has 1 heterocycles. The summed E-state index contributed by atoms with van der Waals surface area (Å²) in [6.45, 7) is 0. The molecule has 0 atom stereocenters. The lowest BCUT2D eigenvalue weighted by molar-refractivity contribution is 1.73. The number of benzene rings is 4. The highest BCUT2D eigenvalue weighted by atomic mass is 127. The third kappa shape index (κ3) is 1.80. The number of fused-ring (bicyclic) bond motifs is 6. The van der Waals surface area contributed by atoms with Crippen molar-refractivity contribution in [3.8, 4) is 0 Å².